The SMILES string of the molecule is CC(C)c1nccn1CCN1CCOCC1.CCC(=O)Cn1ccnc1C(C)C.CNc1nc(C(C)C)n(C(C)C)n1.CSc1nc(C(C)C)n(C(C)C)n1.Cc1nc(C(C)C)n[nH]1. The van der Waals surface area contributed by atoms with Gasteiger partial charge in [-0.1, -0.05) is 87.9 Å². The average molecular weight is 910 g/mol. The molecule has 6 rings (SSSR count). The Bertz CT molecular complexity index is 1900. The number of ether oxygens (including phenoxy) is 1. The summed E-state index contributed by atoms with van der Waals surface area (Å²) in [5, 5.41) is 19.4. The van der Waals surface area contributed by atoms with Crippen molar-refractivity contribution in [2.45, 2.75) is 177 Å². The topological polar surface area (TPSA) is 180 Å². The molecule has 0 unspecified atom stereocenters. The van der Waals surface area contributed by atoms with Crippen molar-refractivity contribution in [2.75, 3.05) is 51.5 Å². The molecule has 1 aliphatic heterocycles. The Labute approximate surface area is 388 Å². The van der Waals surface area contributed by atoms with E-state index in [0.29, 0.717) is 60.6 Å². The predicted octanol–water partition coefficient (Wildman–Crippen LogP) is 9.29. The predicted molar refractivity (Wildman–Crippen MR) is 261 cm³/mol. The number of anilines is 1. The lowest BCUT2D eigenvalue weighted by Gasteiger charge is -2.26. The number of morpholine rings is 1. The minimum Gasteiger partial charge on any atom is -0.379 e. The van der Waals surface area contributed by atoms with Crippen molar-refractivity contribution >= 4 is 23.5 Å². The number of ketones is 1. The maximum absolute atomic E-state index is 11.2. The van der Waals surface area contributed by atoms with Gasteiger partial charge in [0.1, 0.15) is 29.1 Å². The maximum Gasteiger partial charge on any atom is 0.242 e. The van der Waals surface area contributed by atoms with Gasteiger partial charge in [-0.25, -0.2) is 29.3 Å². The van der Waals surface area contributed by atoms with Gasteiger partial charge in [0, 0.05) is 106 Å². The highest BCUT2D eigenvalue weighted by Crippen LogP contribution is 2.21. The Kier molecular flexibility index (Phi) is 24.8. The van der Waals surface area contributed by atoms with Gasteiger partial charge in [-0.15, -0.1) is 10.2 Å². The second kappa shape index (κ2) is 28.5. The number of aromatic nitrogens is 13. The first-order chi connectivity index (χ1) is 30.2. The number of Topliss-reactive ketones (excluding diaryl/α,β-unsaturated/α-hetero) is 1. The molecule has 64 heavy (non-hydrogen) atoms. The number of H-pyrrole nitrogens is 1. The zero-order valence-corrected chi connectivity index (χ0v) is 43.4. The number of hydrogen-bond donors (Lipinski definition) is 2. The largest absolute Gasteiger partial charge is 0.379 e. The van der Waals surface area contributed by atoms with E-state index < -0.39 is 0 Å². The van der Waals surface area contributed by atoms with E-state index in [1.54, 1.807) is 18.0 Å². The number of rotatable bonds is 15. The average Bonchev–Trinajstić information content (AvgIpc) is 4.11. The minimum atomic E-state index is 0.250. The van der Waals surface area contributed by atoms with E-state index in [-0.39, 0.29) is 5.78 Å². The van der Waals surface area contributed by atoms with Crippen molar-refractivity contribution in [1.29, 1.82) is 0 Å². The van der Waals surface area contributed by atoms with Crippen LogP contribution in [0.1, 0.15) is 187 Å². The quantitative estimate of drug-likeness (QED) is 0.0950. The molecule has 1 saturated heterocycles. The number of carbonyl (C=O) groups excluding carboxylic acids is 1. The third-order valence-electron chi connectivity index (χ3n) is 9.87. The summed E-state index contributed by atoms with van der Waals surface area (Å²) in [5.41, 5.74) is 0. The molecule has 17 nitrogen and oxygen atoms in total. The van der Waals surface area contributed by atoms with Crippen LogP contribution in [0.25, 0.3) is 0 Å². The number of thioether (sulfide) groups is 1. The molecular weight excluding hydrogens is 827 g/mol. The van der Waals surface area contributed by atoms with E-state index >= 15 is 0 Å². The molecule has 18 heteroatoms. The fourth-order valence-electron chi connectivity index (χ4n) is 6.35. The summed E-state index contributed by atoms with van der Waals surface area (Å²) in [6.07, 6.45) is 10.2. The number of nitrogens with zero attached hydrogens (tertiary/aromatic N) is 13. The Hall–Kier alpha value is -4.42. The standard InChI is InChI=1S/C12H21N3O.C10H16N2O.C9H18N4.C9H17N3S.C6H11N3/c1-11(2)12-13-3-4-15(12)6-5-14-7-9-16-10-8-14;1-4-9(13)7-12-6-5-11-10(12)8(2)3;1-6(2)8-11-9(10-5)12-13(8)7(3)4;1-6(2)8-10-9(13-5)11-12(8)7(3)4;1-4(2)6-7-5(3)8-9-6/h3-4,11H,5-10H2,1-2H3;5-6,8H,4,7H2,1-3H3;6-7H,1-5H3,(H,10,12);6-7H,1-5H3;4H,1-3H3,(H,7,8,9). The molecule has 0 radical (unpaired) electrons. The van der Waals surface area contributed by atoms with Crippen LogP contribution in [0.3, 0.4) is 0 Å². The highest BCUT2D eigenvalue weighted by molar-refractivity contribution is 7.98. The van der Waals surface area contributed by atoms with E-state index in [2.05, 4.69) is 163 Å². The first-order valence-corrected chi connectivity index (χ1v) is 24.3. The summed E-state index contributed by atoms with van der Waals surface area (Å²) >= 11 is 1.60. The first kappa shape index (κ1) is 55.7. The lowest BCUT2D eigenvalue weighted by Crippen LogP contribution is -2.38. The lowest BCUT2D eigenvalue weighted by molar-refractivity contribution is -0.119. The van der Waals surface area contributed by atoms with Crippen molar-refractivity contribution in [3.8, 4) is 0 Å². The number of hydrogen-bond acceptors (Lipinski definition) is 13. The molecule has 0 aromatic carbocycles. The summed E-state index contributed by atoms with van der Waals surface area (Å²) in [4.78, 5) is 35.3. The van der Waals surface area contributed by atoms with Crippen LogP contribution in [0.2, 0.25) is 0 Å². The van der Waals surface area contributed by atoms with Gasteiger partial charge in [0.2, 0.25) is 11.1 Å². The molecule has 360 valence electrons. The number of nitrogens with one attached hydrogen (secondary N) is 2. The van der Waals surface area contributed by atoms with Crippen molar-refractivity contribution in [2.24, 2.45) is 0 Å². The molecular formula is C46H83N15O2S. The lowest BCUT2D eigenvalue weighted by atomic mass is 10.2. The van der Waals surface area contributed by atoms with Crippen LogP contribution >= 0.6 is 11.8 Å². The molecule has 0 saturated carbocycles. The van der Waals surface area contributed by atoms with Gasteiger partial charge >= 0.3 is 0 Å². The van der Waals surface area contributed by atoms with Crippen molar-refractivity contribution in [3.05, 3.63) is 59.7 Å². The second-order valence-electron chi connectivity index (χ2n) is 17.9. The van der Waals surface area contributed by atoms with Crippen LogP contribution in [0.15, 0.2) is 29.9 Å². The van der Waals surface area contributed by atoms with Gasteiger partial charge in [-0.2, -0.15) is 10.1 Å². The van der Waals surface area contributed by atoms with Crippen molar-refractivity contribution < 1.29 is 9.53 Å². The summed E-state index contributed by atoms with van der Waals surface area (Å²) in [6.45, 7) is 40.0. The number of aromatic amines is 1. The van der Waals surface area contributed by atoms with Crippen LogP contribution in [0.5, 0.6) is 0 Å². The normalized spacial score (nSPS) is 12.9. The van der Waals surface area contributed by atoms with Crippen LogP contribution in [-0.4, -0.2) is 121 Å². The smallest absolute Gasteiger partial charge is 0.242 e. The van der Waals surface area contributed by atoms with Crippen LogP contribution < -0.4 is 5.32 Å². The van der Waals surface area contributed by atoms with E-state index in [0.717, 1.165) is 73.7 Å². The molecule has 2 N–H and O–H groups in total. The number of carbonyl (C=O) groups is 1. The molecule has 0 spiro atoms. The number of aryl methyl sites for hydroxylation is 1. The summed E-state index contributed by atoms with van der Waals surface area (Å²) in [5.74, 6) is 9.19. The fraction of sp³-hybridized carbons (Fsp3) is 0.717. The second-order valence-corrected chi connectivity index (χ2v) is 18.6. The Morgan fingerprint density at radius 3 is 1.64 bits per heavy atom. The van der Waals surface area contributed by atoms with Crippen LogP contribution in [0.4, 0.5) is 5.95 Å². The maximum atomic E-state index is 11.2. The Morgan fingerprint density at radius 2 is 1.23 bits per heavy atom. The zero-order valence-electron chi connectivity index (χ0n) is 42.5. The summed E-state index contributed by atoms with van der Waals surface area (Å²) in [6, 6.07) is 0.762. The van der Waals surface area contributed by atoms with Crippen molar-refractivity contribution in [1.82, 2.24) is 68.7 Å². The van der Waals surface area contributed by atoms with Crippen LogP contribution in [-0.2, 0) is 22.6 Å². The summed E-state index contributed by atoms with van der Waals surface area (Å²) < 4.78 is 13.5. The molecule has 0 aliphatic carbocycles. The van der Waals surface area contributed by atoms with Crippen LogP contribution in [0, 0.1) is 6.92 Å². The summed E-state index contributed by atoms with van der Waals surface area (Å²) in [7, 11) is 1.84. The fourth-order valence-corrected chi connectivity index (χ4v) is 6.70. The molecule has 6 heterocycles. The van der Waals surface area contributed by atoms with Gasteiger partial charge < -0.3 is 19.2 Å². The molecule has 0 bridgehead atoms. The third-order valence-corrected chi connectivity index (χ3v) is 10.4. The molecule has 1 aliphatic rings. The van der Waals surface area contributed by atoms with E-state index in [1.165, 1.54) is 5.82 Å². The molecule has 0 atom stereocenters. The number of imidazole rings is 2. The highest BCUT2D eigenvalue weighted by Gasteiger charge is 2.16. The van der Waals surface area contributed by atoms with Gasteiger partial charge in [-0.05, 0) is 40.9 Å². The molecule has 1 fully saturated rings. The van der Waals surface area contributed by atoms with E-state index in [4.69, 9.17) is 4.74 Å². The minimum absolute atomic E-state index is 0.250. The Balaban J connectivity index is 0.000000278. The third kappa shape index (κ3) is 18.6. The van der Waals surface area contributed by atoms with Crippen molar-refractivity contribution in [3.63, 3.8) is 0 Å². The molecule has 5 aromatic rings. The monoisotopic (exact) mass is 910 g/mol. The van der Waals surface area contributed by atoms with Gasteiger partial charge in [-0.3, -0.25) is 14.8 Å². The highest BCUT2D eigenvalue weighted by atomic mass is 32.2. The zero-order chi connectivity index (χ0) is 48.1. The van der Waals surface area contributed by atoms with Gasteiger partial charge in [0.05, 0.1) is 19.8 Å². The van der Waals surface area contributed by atoms with Gasteiger partial charge in [0.25, 0.3) is 0 Å². The molecule has 0 amide bonds. The molecule has 5 aromatic heterocycles. The Morgan fingerprint density at radius 1 is 0.719 bits per heavy atom. The van der Waals surface area contributed by atoms with E-state index in [9.17, 15) is 4.79 Å². The van der Waals surface area contributed by atoms with Gasteiger partial charge in [0.15, 0.2) is 11.6 Å². The first-order valence-electron chi connectivity index (χ1n) is 23.1. The van der Waals surface area contributed by atoms with E-state index in [1.807, 2.05) is 53.5 Å².